The minimum absolute atomic E-state index is 0.184. The van der Waals surface area contributed by atoms with Gasteiger partial charge in [-0.15, -0.1) is 0 Å². The number of nitrogens with one attached hydrogen (secondary N) is 2. The molecule has 2 N–H and O–H groups in total. The Morgan fingerprint density at radius 3 is 2.30 bits per heavy atom. The first kappa shape index (κ1) is 17.0. The highest BCUT2D eigenvalue weighted by molar-refractivity contribution is 7.92. The summed E-state index contributed by atoms with van der Waals surface area (Å²) in [5, 5.41) is 2.69. The molecule has 2 aromatic carbocycles. The molecule has 2 rings (SSSR count). The van der Waals surface area contributed by atoms with Crippen molar-refractivity contribution in [2.24, 2.45) is 0 Å². The zero-order valence-electron chi connectivity index (χ0n) is 13.4. The average molecular weight is 332 g/mol. The van der Waals surface area contributed by atoms with Crippen LogP contribution in [0.4, 0.5) is 5.69 Å². The second-order valence-electron chi connectivity index (χ2n) is 5.31. The molecule has 0 aliphatic rings. The molecule has 0 spiro atoms. The molecule has 0 unspecified atom stereocenters. The van der Waals surface area contributed by atoms with E-state index in [1.54, 1.807) is 43.3 Å². The molecule has 0 aliphatic carbocycles. The number of amides is 1. The fourth-order valence-electron chi connectivity index (χ4n) is 2.16. The Kier molecular flexibility index (Phi) is 5.05. The highest BCUT2D eigenvalue weighted by Crippen LogP contribution is 2.21. The van der Waals surface area contributed by atoms with Crippen molar-refractivity contribution in [3.63, 3.8) is 0 Å². The van der Waals surface area contributed by atoms with Crippen LogP contribution in [-0.4, -0.2) is 20.9 Å². The Bertz CT molecular complexity index is 812. The standard InChI is InChI=1S/C17H20N2O3S/c1-4-18-17(20)14-7-9-15(10-8-14)19-23(21,22)16-11-12(2)5-6-13(16)3/h5-11,19H,4H2,1-3H3,(H,18,20). The maximum Gasteiger partial charge on any atom is 0.262 e. The van der Waals surface area contributed by atoms with Crippen LogP contribution in [0.1, 0.15) is 28.4 Å². The first-order valence-corrected chi connectivity index (χ1v) is 8.80. The first-order chi connectivity index (χ1) is 10.8. The van der Waals surface area contributed by atoms with Crippen molar-refractivity contribution in [3.05, 3.63) is 59.2 Å². The Balaban J connectivity index is 2.24. The van der Waals surface area contributed by atoms with Gasteiger partial charge in [-0.05, 0) is 62.2 Å². The largest absolute Gasteiger partial charge is 0.352 e. The molecular weight excluding hydrogens is 312 g/mol. The van der Waals surface area contributed by atoms with Crippen molar-refractivity contribution < 1.29 is 13.2 Å². The molecule has 0 saturated heterocycles. The van der Waals surface area contributed by atoms with Crippen molar-refractivity contribution in [2.45, 2.75) is 25.7 Å². The minimum Gasteiger partial charge on any atom is -0.352 e. The van der Waals surface area contributed by atoms with Gasteiger partial charge in [0, 0.05) is 17.8 Å². The van der Waals surface area contributed by atoms with Gasteiger partial charge >= 0.3 is 0 Å². The molecule has 5 nitrogen and oxygen atoms in total. The summed E-state index contributed by atoms with van der Waals surface area (Å²) < 4.78 is 27.6. The monoisotopic (exact) mass is 332 g/mol. The van der Waals surface area contributed by atoms with E-state index in [0.717, 1.165) is 5.56 Å². The molecule has 0 radical (unpaired) electrons. The number of hydrogen-bond acceptors (Lipinski definition) is 3. The lowest BCUT2D eigenvalue weighted by Crippen LogP contribution is -2.22. The molecule has 122 valence electrons. The van der Waals surface area contributed by atoms with Gasteiger partial charge in [0.15, 0.2) is 0 Å². The number of carbonyl (C=O) groups excluding carboxylic acids is 1. The Morgan fingerprint density at radius 2 is 1.70 bits per heavy atom. The summed E-state index contributed by atoms with van der Waals surface area (Å²) in [6.07, 6.45) is 0. The minimum atomic E-state index is -3.66. The van der Waals surface area contributed by atoms with Gasteiger partial charge in [-0.2, -0.15) is 0 Å². The quantitative estimate of drug-likeness (QED) is 0.884. The van der Waals surface area contributed by atoms with Crippen molar-refractivity contribution in [3.8, 4) is 0 Å². The Morgan fingerprint density at radius 1 is 1.04 bits per heavy atom. The molecule has 23 heavy (non-hydrogen) atoms. The van der Waals surface area contributed by atoms with Crippen LogP contribution in [0.25, 0.3) is 0 Å². The van der Waals surface area contributed by atoms with E-state index < -0.39 is 10.0 Å². The highest BCUT2D eigenvalue weighted by atomic mass is 32.2. The first-order valence-electron chi connectivity index (χ1n) is 7.32. The summed E-state index contributed by atoms with van der Waals surface area (Å²) in [6.45, 7) is 5.98. The average Bonchev–Trinajstić information content (AvgIpc) is 2.50. The van der Waals surface area contributed by atoms with Crippen LogP contribution in [0.2, 0.25) is 0 Å². The number of anilines is 1. The number of hydrogen-bond donors (Lipinski definition) is 2. The van der Waals surface area contributed by atoms with Crippen LogP contribution in [0.15, 0.2) is 47.4 Å². The summed E-state index contributed by atoms with van der Waals surface area (Å²) in [5.41, 5.74) is 2.46. The summed E-state index contributed by atoms with van der Waals surface area (Å²) in [6, 6.07) is 11.6. The number of carbonyl (C=O) groups is 1. The zero-order valence-corrected chi connectivity index (χ0v) is 14.2. The second-order valence-corrected chi connectivity index (χ2v) is 6.96. The van der Waals surface area contributed by atoms with E-state index in [-0.39, 0.29) is 10.8 Å². The molecule has 0 saturated carbocycles. The van der Waals surface area contributed by atoms with Crippen LogP contribution in [0.3, 0.4) is 0 Å². The topological polar surface area (TPSA) is 75.3 Å². The van der Waals surface area contributed by atoms with Crippen LogP contribution in [0.5, 0.6) is 0 Å². The molecule has 0 heterocycles. The van der Waals surface area contributed by atoms with Gasteiger partial charge in [0.2, 0.25) is 0 Å². The smallest absolute Gasteiger partial charge is 0.262 e. The third kappa shape index (κ3) is 4.10. The third-order valence-corrected chi connectivity index (χ3v) is 4.89. The second kappa shape index (κ2) is 6.83. The van der Waals surface area contributed by atoms with Gasteiger partial charge < -0.3 is 5.32 Å². The SMILES string of the molecule is CCNC(=O)c1ccc(NS(=O)(=O)c2cc(C)ccc2C)cc1. The van der Waals surface area contributed by atoms with Gasteiger partial charge in [0.1, 0.15) is 0 Å². The van der Waals surface area contributed by atoms with Gasteiger partial charge in [-0.25, -0.2) is 8.42 Å². The number of benzene rings is 2. The molecule has 0 fully saturated rings. The van der Waals surface area contributed by atoms with Gasteiger partial charge in [0.25, 0.3) is 15.9 Å². The summed E-state index contributed by atoms with van der Waals surface area (Å²) in [5.74, 6) is -0.184. The lowest BCUT2D eigenvalue weighted by atomic mass is 10.2. The predicted octanol–water partition coefficient (Wildman–Crippen LogP) is 2.85. The highest BCUT2D eigenvalue weighted by Gasteiger charge is 2.17. The van der Waals surface area contributed by atoms with Gasteiger partial charge in [0.05, 0.1) is 4.90 Å². The molecule has 1 amide bonds. The zero-order chi connectivity index (χ0) is 17.0. The molecular formula is C17H20N2O3S. The molecule has 2 aromatic rings. The van der Waals surface area contributed by atoms with Crippen LogP contribution < -0.4 is 10.0 Å². The normalized spacial score (nSPS) is 11.1. The molecule has 6 heteroatoms. The Hall–Kier alpha value is -2.34. The van der Waals surface area contributed by atoms with Crippen molar-refractivity contribution in [2.75, 3.05) is 11.3 Å². The fraction of sp³-hybridized carbons (Fsp3) is 0.235. The number of rotatable bonds is 5. The molecule has 0 aromatic heterocycles. The van der Waals surface area contributed by atoms with Gasteiger partial charge in [-0.3, -0.25) is 9.52 Å². The van der Waals surface area contributed by atoms with Crippen LogP contribution >= 0.6 is 0 Å². The Labute approximate surface area is 136 Å². The van der Waals surface area contributed by atoms with E-state index in [2.05, 4.69) is 10.0 Å². The lowest BCUT2D eigenvalue weighted by Gasteiger charge is -2.11. The van der Waals surface area contributed by atoms with E-state index in [4.69, 9.17) is 0 Å². The lowest BCUT2D eigenvalue weighted by molar-refractivity contribution is 0.0956. The summed E-state index contributed by atoms with van der Waals surface area (Å²) in [4.78, 5) is 11.9. The third-order valence-electron chi connectivity index (χ3n) is 3.37. The fourth-order valence-corrected chi connectivity index (χ4v) is 3.55. The number of aryl methyl sites for hydroxylation is 2. The van der Waals surface area contributed by atoms with E-state index >= 15 is 0 Å². The van der Waals surface area contributed by atoms with Crippen molar-refractivity contribution in [1.29, 1.82) is 0 Å². The maximum absolute atomic E-state index is 12.5. The number of sulfonamides is 1. The van der Waals surface area contributed by atoms with Crippen LogP contribution in [0, 0.1) is 13.8 Å². The van der Waals surface area contributed by atoms with Crippen LogP contribution in [-0.2, 0) is 10.0 Å². The van der Waals surface area contributed by atoms with E-state index in [1.807, 2.05) is 19.9 Å². The predicted molar refractivity (Wildman–Crippen MR) is 91.2 cm³/mol. The molecule has 0 atom stereocenters. The van der Waals surface area contributed by atoms with Crippen molar-refractivity contribution in [1.82, 2.24) is 5.32 Å². The van der Waals surface area contributed by atoms with E-state index in [1.165, 1.54) is 0 Å². The molecule has 0 bridgehead atoms. The van der Waals surface area contributed by atoms with Gasteiger partial charge in [-0.1, -0.05) is 12.1 Å². The van der Waals surface area contributed by atoms with Crippen molar-refractivity contribution >= 4 is 21.6 Å². The summed E-state index contributed by atoms with van der Waals surface area (Å²) >= 11 is 0. The van der Waals surface area contributed by atoms with E-state index in [0.29, 0.717) is 23.4 Å². The van der Waals surface area contributed by atoms with E-state index in [9.17, 15) is 13.2 Å². The summed E-state index contributed by atoms with van der Waals surface area (Å²) in [7, 11) is -3.66. The maximum atomic E-state index is 12.5. The molecule has 0 aliphatic heterocycles.